The van der Waals surface area contributed by atoms with E-state index in [1.54, 1.807) is 0 Å². The van der Waals surface area contributed by atoms with Crippen molar-refractivity contribution in [2.75, 3.05) is 12.4 Å². The van der Waals surface area contributed by atoms with Crippen molar-refractivity contribution in [3.05, 3.63) is 42.2 Å². The molecule has 0 aromatic heterocycles. The average Bonchev–Trinajstić information content (AvgIpc) is 2.44. The molecule has 1 aromatic carbocycles. The SMILES string of the molecule is C=CCCCCC[C@H](Nc1cc(C)cc(F)c1)C(=O)OC. The molecule has 21 heavy (non-hydrogen) atoms. The second kappa shape index (κ2) is 9.16. The number of hydrogen-bond donors (Lipinski definition) is 1. The Bertz CT molecular complexity index is 454. The van der Waals surface area contributed by atoms with Crippen molar-refractivity contribution >= 4 is 11.7 Å². The third-order valence-electron chi connectivity index (χ3n) is 3.27. The quantitative estimate of drug-likeness (QED) is 0.421. The van der Waals surface area contributed by atoms with Crippen LogP contribution in [-0.4, -0.2) is 19.1 Å². The van der Waals surface area contributed by atoms with Crippen molar-refractivity contribution in [2.24, 2.45) is 0 Å². The molecular formula is C17H24FNO2. The Morgan fingerprint density at radius 2 is 2.14 bits per heavy atom. The summed E-state index contributed by atoms with van der Waals surface area (Å²) in [4.78, 5) is 11.8. The molecule has 1 rings (SSSR count). The summed E-state index contributed by atoms with van der Waals surface area (Å²) in [6.07, 6.45) is 6.55. The molecule has 0 spiro atoms. The Morgan fingerprint density at radius 3 is 2.76 bits per heavy atom. The number of halogens is 1. The molecule has 0 aliphatic carbocycles. The van der Waals surface area contributed by atoms with Crippen LogP contribution in [0.3, 0.4) is 0 Å². The van der Waals surface area contributed by atoms with Gasteiger partial charge in [0.25, 0.3) is 0 Å². The first-order valence-electron chi connectivity index (χ1n) is 7.29. The van der Waals surface area contributed by atoms with Crippen LogP contribution in [0.1, 0.15) is 37.7 Å². The van der Waals surface area contributed by atoms with Crippen LogP contribution in [-0.2, 0) is 9.53 Å². The van der Waals surface area contributed by atoms with Crippen LogP contribution in [0.2, 0.25) is 0 Å². The van der Waals surface area contributed by atoms with E-state index in [0.29, 0.717) is 12.1 Å². The highest BCUT2D eigenvalue weighted by Gasteiger charge is 2.18. The Kier molecular flexibility index (Phi) is 7.51. The number of aryl methyl sites for hydroxylation is 1. The zero-order chi connectivity index (χ0) is 15.7. The van der Waals surface area contributed by atoms with Gasteiger partial charge >= 0.3 is 5.97 Å². The van der Waals surface area contributed by atoms with E-state index in [-0.39, 0.29) is 11.8 Å². The molecule has 3 nitrogen and oxygen atoms in total. The topological polar surface area (TPSA) is 38.3 Å². The van der Waals surface area contributed by atoms with Gasteiger partial charge in [-0.1, -0.05) is 18.9 Å². The first-order chi connectivity index (χ1) is 10.1. The molecule has 0 aliphatic rings. The largest absolute Gasteiger partial charge is 0.467 e. The summed E-state index contributed by atoms with van der Waals surface area (Å²) in [5.74, 6) is -0.632. The number of esters is 1. The van der Waals surface area contributed by atoms with Gasteiger partial charge < -0.3 is 10.1 Å². The minimum Gasteiger partial charge on any atom is -0.467 e. The number of hydrogen-bond acceptors (Lipinski definition) is 3. The second-order valence-electron chi connectivity index (χ2n) is 5.16. The number of rotatable bonds is 9. The zero-order valence-electron chi connectivity index (χ0n) is 12.8. The van der Waals surface area contributed by atoms with Crippen molar-refractivity contribution in [3.63, 3.8) is 0 Å². The molecule has 0 saturated carbocycles. The lowest BCUT2D eigenvalue weighted by Gasteiger charge is -2.18. The first-order valence-corrected chi connectivity index (χ1v) is 7.29. The maximum absolute atomic E-state index is 13.4. The maximum atomic E-state index is 13.4. The molecule has 0 aliphatic heterocycles. The van der Waals surface area contributed by atoms with E-state index in [4.69, 9.17) is 4.74 Å². The summed E-state index contributed by atoms with van der Waals surface area (Å²) in [5, 5.41) is 3.07. The highest BCUT2D eigenvalue weighted by atomic mass is 19.1. The van der Waals surface area contributed by atoms with Gasteiger partial charge in [0.05, 0.1) is 7.11 Å². The maximum Gasteiger partial charge on any atom is 0.328 e. The van der Waals surface area contributed by atoms with Gasteiger partial charge in [-0.05, 0) is 49.9 Å². The minimum absolute atomic E-state index is 0.313. The highest BCUT2D eigenvalue weighted by molar-refractivity contribution is 5.79. The van der Waals surface area contributed by atoms with Gasteiger partial charge in [-0.3, -0.25) is 0 Å². The summed E-state index contributed by atoms with van der Waals surface area (Å²) in [6.45, 7) is 5.50. The lowest BCUT2D eigenvalue weighted by Crippen LogP contribution is -2.30. The molecule has 0 bridgehead atoms. The highest BCUT2D eigenvalue weighted by Crippen LogP contribution is 2.17. The molecule has 0 amide bonds. The normalized spacial score (nSPS) is 11.8. The van der Waals surface area contributed by atoms with Gasteiger partial charge in [-0.15, -0.1) is 6.58 Å². The first kappa shape index (κ1) is 17.2. The van der Waals surface area contributed by atoms with E-state index in [1.165, 1.54) is 19.2 Å². The molecule has 0 fully saturated rings. The summed E-state index contributed by atoms with van der Waals surface area (Å²) < 4.78 is 18.2. The molecule has 116 valence electrons. The molecule has 0 unspecified atom stereocenters. The number of ether oxygens (including phenoxy) is 1. The Hall–Kier alpha value is -1.84. The van der Waals surface area contributed by atoms with Gasteiger partial charge in [0, 0.05) is 5.69 Å². The molecule has 4 heteroatoms. The smallest absolute Gasteiger partial charge is 0.328 e. The molecule has 0 radical (unpaired) electrons. The number of allylic oxidation sites excluding steroid dienone is 1. The van der Waals surface area contributed by atoms with E-state index in [0.717, 1.165) is 31.2 Å². The van der Waals surface area contributed by atoms with E-state index in [1.807, 2.05) is 19.1 Å². The molecule has 1 N–H and O–H groups in total. The predicted octanol–water partition coefficient (Wildman–Crippen LogP) is 4.22. The lowest BCUT2D eigenvalue weighted by molar-refractivity contribution is -0.141. The number of carbonyl (C=O) groups excluding carboxylic acids is 1. The van der Waals surface area contributed by atoms with E-state index >= 15 is 0 Å². The van der Waals surface area contributed by atoms with Crippen LogP contribution in [0.25, 0.3) is 0 Å². The van der Waals surface area contributed by atoms with Crippen LogP contribution in [0.15, 0.2) is 30.9 Å². The van der Waals surface area contributed by atoms with Gasteiger partial charge in [-0.25, -0.2) is 9.18 Å². The third kappa shape index (κ3) is 6.43. The fraction of sp³-hybridized carbons (Fsp3) is 0.471. The Labute approximate surface area is 126 Å². The fourth-order valence-corrected chi connectivity index (χ4v) is 2.23. The van der Waals surface area contributed by atoms with Crippen LogP contribution in [0.4, 0.5) is 10.1 Å². The van der Waals surface area contributed by atoms with Crippen LogP contribution >= 0.6 is 0 Å². The number of benzene rings is 1. The minimum atomic E-state index is -0.445. The average molecular weight is 293 g/mol. The van der Waals surface area contributed by atoms with Gasteiger partial charge in [0.1, 0.15) is 11.9 Å². The molecule has 1 atom stereocenters. The predicted molar refractivity (Wildman–Crippen MR) is 83.8 cm³/mol. The lowest BCUT2D eigenvalue weighted by atomic mass is 10.1. The van der Waals surface area contributed by atoms with Gasteiger partial charge in [0.2, 0.25) is 0 Å². The van der Waals surface area contributed by atoms with E-state index in [9.17, 15) is 9.18 Å². The number of methoxy groups -OCH3 is 1. The van der Waals surface area contributed by atoms with Crippen LogP contribution in [0, 0.1) is 12.7 Å². The molecule has 0 saturated heterocycles. The van der Waals surface area contributed by atoms with Crippen molar-refractivity contribution < 1.29 is 13.9 Å². The van der Waals surface area contributed by atoms with Crippen LogP contribution < -0.4 is 5.32 Å². The Balaban J connectivity index is 2.60. The number of nitrogens with one attached hydrogen (secondary N) is 1. The van der Waals surface area contributed by atoms with Gasteiger partial charge in [-0.2, -0.15) is 0 Å². The van der Waals surface area contributed by atoms with Crippen molar-refractivity contribution in [2.45, 2.75) is 45.1 Å². The van der Waals surface area contributed by atoms with E-state index < -0.39 is 6.04 Å². The second-order valence-corrected chi connectivity index (χ2v) is 5.16. The molecule has 0 heterocycles. The van der Waals surface area contributed by atoms with Crippen molar-refractivity contribution in [3.8, 4) is 0 Å². The monoisotopic (exact) mass is 293 g/mol. The van der Waals surface area contributed by atoms with Crippen LogP contribution in [0.5, 0.6) is 0 Å². The molecule has 1 aromatic rings. The fourth-order valence-electron chi connectivity index (χ4n) is 2.23. The summed E-state index contributed by atoms with van der Waals surface area (Å²) >= 11 is 0. The third-order valence-corrected chi connectivity index (χ3v) is 3.27. The summed E-state index contributed by atoms with van der Waals surface area (Å²) in [5.41, 5.74) is 1.42. The standard InChI is InChI=1S/C17H24FNO2/c1-4-5-6-7-8-9-16(17(20)21-3)19-15-11-13(2)10-14(18)12-15/h4,10-12,16,19H,1,5-9H2,2-3H3/t16-/m0/s1. The number of anilines is 1. The molecular weight excluding hydrogens is 269 g/mol. The van der Waals surface area contributed by atoms with Crippen molar-refractivity contribution in [1.29, 1.82) is 0 Å². The summed E-state index contributed by atoms with van der Waals surface area (Å²) in [7, 11) is 1.37. The van der Waals surface area contributed by atoms with Gasteiger partial charge in [0.15, 0.2) is 0 Å². The van der Waals surface area contributed by atoms with Crippen molar-refractivity contribution in [1.82, 2.24) is 0 Å². The number of carbonyl (C=O) groups is 1. The number of unbranched alkanes of at least 4 members (excludes halogenated alkanes) is 3. The van der Waals surface area contributed by atoms with E-state index in [2.05, 4.69) is 11.9 Å². The summed E-state index contributed by atoms with van der Waals surface area (Å²) in [6, 6.07) is 4.21. The zero-order valence-corrected chi connectivity index (χ0v) is 12.8. The Morgan fingerprint density at radius 1 is 1.38 bits per heavy atom.